The molecule has 0 fully saturated rings. The van der Waals surface area contributed by atoms with Crippen LogP contribution in [0.1, 0.15) is 17.2 Å². The molecule has 80 valence electrons. The van der Waals surface area contributed by atoms with Gasteiger partial charge in [0, 0.05) is 12.5 Å². The molecule has 15 heavy (non-hydrogen) atoms. The van der Waals surface area contributed by atoms with E-state index in [4.69, 9.17) is 5.73 Å². The first-order valence-corrected chi connectivity index (χ1v) is 4.87. The molecule has 0 aliphatic heterocycles. The minimum absolute atomic E-state index is 0.0227. The number of aliphatic hydroxyl groups is 1. The van der Waals surface area contributed by atoms with E-state index >= 15 is 0 Å². The summed E-state index contributed by atoms with van der Waals surface area (Å²) in [6, 6.07) is 3.93. The molecule has 0 spiro atoms. The summed E-state index contributed by atoms with van der Waals surface area (Å²) in [6.07, 6.45) is 1.50. The van der Waals surface area contributed by atoms with Gasteiger partial charge in [-0.2, -0.15) is 5.10 Å². The zero-order valence-electron chi connectivity index (χ0n) is 8.59. The summed E-state index contributed by atoms with van der Waals surface area (Å²) in [4.78, 5) is 4.12. The van der Waals surface area contributed by atoms with E-state index in [0.717, 1.165) is 16.9 Å². The molecule has 2 heterocycles. The van der Waals surface area contributed by atoms with Gasteiger partial charge >= 0.3 is 0 Å². The van der Waals surface area contributed by atoms with Crippen LogP contribution in [0.25, 0.3) is 5.65 Å². The molecule has 1 atom stereocenters. The van der Waals surface area contributed by atoms with Crippen LogP contribution in [0.3, 0.4) is 0 Å². The molecule has 5 heteroatoms. The monoisotopic (exact) mass is 206 g/mol. The standard InChI is InChI=1S/C10H14N4O/c1-7-2-9(8(4-11)5-15)14-10(3-7)12-6-13-14/h2-3,6,8,15H,4-5,11H2,1H3. The maximum atomic E-state index is 9.23. The van der Waals surface area contributed by atoms with Gasteiger partial charge < -0.3 is 10.8 Å². The van der Waals surface area contributed by atoms with Gasteiger partial charge in [0.15, 0.2) is 5.65 Å². The van der Waals surface area contributed by atoms with E-state index in [1.165, 1.54) is 6.33 Å². The zero-order chi connectivity index (χ0) is 10.8. The molecule has 0 aromatic carbocycles. The zero-order valence-corrected chi connectivity index (χ0v) is 8.59. The van der Waals surface area contributed by atoms with Crippen molar-refractivity contribution in [3.63, 3.8) is 0 Å². The van der Waals surface area contributed by atoms with Crippen LogP contribution in [-0.2, 0) is 0 Å². The first kappa shape index (κ1) is 10.1. The Morgan fingerprint density at radius 1 is 1.53 bits per heavy atom. The second kappa shape index (κ2) is 3.96. The van der Waals surface area contributed by atoms with E-state index < -0.39 is 0 Å². The molecule has 0 amide bonds. The van der Waals surface area contributed by atoms with Crippen LogP contribution in [0, 0.1) is 6.92 Å². The largest absolute Gasteiger partial charge is 0.396 e. The van der Waals surface area contributed by atoms with Crippen LogP contribution in [0.15, 0.2) is 18.5 Å². The van der Waals surface area contributed by atoms with Crippen molar-refractivity contribution in [1.29, 1.82) is 0 Å². The quantitative estimate of drug-likeness (QED) is 0.745. The first-order valence-electron chi connectivity index (χ1n) is 4.87. The van der Waals surface area contributed by atoms with E-state index in [1.807, 2.05) is 19.1 Å². The fourth-order valence-electron chi connectivity index (χ4n) is 1.67. The van der Waals surface area contributed by atoms with Gasteiger partial charge in [-0.3, -0.25) is 0 Å². The van der Waals surface area contributed by atoms with Crippen LogP contribution >= 0.6 is 0 Å². The van der Waals surface area contributed by atoms with Crippen molar-refractivity contribution in [2.24, 2.45) is 5.73 Å². The van der Waals surface area contributed by atoms with Gasteiger partial charge in [0.25, 0.3) is 0 Å². The second-order valence-electron chi connectivity index (χ2n) is 3.60. The van der Waals surface area contributed by atoms with Crippen LogP contribution in [0.4, 0.5) is 0 Å². The number of nitrogens with two attached hydrogens (primary N) is 1. The number of hydrogen-bond acceptors (Lipinski definition) is 4. The first-order chi connectivity index (χ1) is 7.26. The molecule has 0 saturated heterocycles. The molecule has 0 aliphatic rings. The third-order valence-corrected chi connectivity index (χ3v) is 2.47. The number of hydrogen-bond donors (Lipinski definition) is 2. The predicted octanol–water partition coefficient (Wildman–Crippen LogP) is 0.0723. The smallest absolute Gasteiger partial charge is 0.155 e. The van der Waals surface area contributed by atoms with E-state index in [2.05, 4.69) is 10.1 Å². The van der Waals surface area contributed by atoms with Gasteiger partial charge in [-0.1, -0.05) is 0 Å². The Labute approximate surface area is 87.6 Å². The summed E-state index contributed by atoms with van der Waals surface area (Å²) in [6.45, 7) is 2.41. The van der Waals surface area contributed by atoms with E-state index in [-0.39, 0.29) is 12.5 Å². The van der Waals surface area contributed by atoms with Crippen molar-refractivity contribution >= 4 is 5.65 Å². The maximum absolute atomic E-state index is 9.23. The van der Waals surface area contributed by atoms with Gasteiger partial charge in [0.05, 0.1) is 12.3 Å². The van der Waals surface area contributed by atoms with Crippen molar-refractivity contribution in [3.05, 3.63) is 29.7 Å². The lowest BCUT2D eigenvalue weighted by Gasteiger charge is -2.13. The summed E-state index contributed by atoms with van der Waals surface area (Å²) in [7, 11) is 0. The van der Waals surface area contributed by atoms with E-state index in [1.54, 1.807) is 4.52 Å². The maximum Gasteiger partial charge on any atom is 0.155 e. The Morgan fingerprint density at radius 3 is 3.00 bits per heavy atom. The van der Waals surface area contributed by atoms with E-state index in [0.29, 0.717) is 6.54 Å². The third-order valence-electron chi connectivity index (χ3n) is 2.47. The molecule has 2 aromatic rings. The molecule has 2 aromatic heterocycles. The van der Waals surface area contributed by atoms with Crippen molar-refractivity contribution in [1.82, 2.24) is 14.6 Å². The van der Waals surface area contributed by atoms with Crippen LogP contribution in [0.2, 0.25) is 0 Å². The number of aromatic nitrogens is 3. The summed E-state index contributed by atoms with van der Waals surface area (Å²) >= 11 is 0. The Hall–Kier alpha value is -1.46. The summed E-state index contributed by atoms with van der Waals surface area (Å²) < 4.78 is 1.72. The molecule has 1 unspecified atom stereocenters. The Morgan fingerprint density at radius 2 is 2.33 bits per heavy atom. The van der Waals surface area contributed by atoms with Crippen molar-refractivity contribution in [2.75, 3.05) is 13.2 Å². The Balaban J connectivity index is 2.61. The van der Waals surface area contributed by atoms with Gasteiger partial charge in [0.2, 0.25) is 0 Å². The molecule has 0 saturated carbocycles. The minimum atomic E-state index is -0.0888. The number of pyridine rings is 1. The number of aliphatic hydroxyl groups excluding tert-OH is 1. The molecule has 3 N–H and O–H groups in total. The number of fused-ring (bicyclic) bond motifs is 1. The van der Waals surface area contributed by atoms with Crippen molar-refractivity contribution in [2.45, 2.75) is 12.8 Å². The lowest BCUT2D eigenvalue weighted by Crippen LogP contribution is -2.19. The number of nitrogens with zero attached hydrogens (tertiary/aromatic N) is 3. The average Bonchev–Trinajstić information content (AvgIpc) is 2.67. The van der Waals surface area contributed by atoms with Crippen LogP contribution in [0.5, 0.6) is 0 Å². The highest BCUT2D eigenvalue weighted by Crippen LogP contribution is 2.16. The fourth-order valence-corrected chi connectivity index (χ4v) is 1.67. The highest BCUT2D eigenvalue weighted by Gasteiger charge is 2.13. The van der Waals surface area contributed by atoms with Crippen LogP contribution in [-0.4, -0.2) is 32.9 Å². The minimum Gasteiger partial charge on any atom is -0.396 e. The molecule has 2 rings (SSSR count). The SMILES string of the molecule is Cc1cc(C(CN)CO)n2ncnc2c1. The topological polar surface area (TPSA) is 76.4 Å². The Bertz CT molecular complexity index is 461. The summed E-state index contributed by atoms with van der Waals surface area (Å²) in [5.41, 5.74) is 8.40. The van der Waals surface area contributed by atoms with Gasteiger partial charge in [-0.05, 0) is 24.6 Å². The van der Waals surface area contributed by atoms with Gasteiger partial charge in [-0.15, -0.1) is 0 Å². The van der Waals surface area contributed by atoms with Crippen molar-refractivity contribution in [3.8, 4) is 0 Å². The average molecular weight is 206 g/mol. The Kier molecular flexibility index (Phi) is 2.66. The van der Waals surface area contributed by atoms with Gasteiger partial charge in [0.1, 0.15) is 6.33 Å². The predicted molar refractivity (Wildman–Crippen MR) is 56.6 cm³/mol. The third kappa shape index (κ3) is 1.71. The molecule has 0 bridgehead atoms. The normalized spacial score (nSPS) is 13.3. The summed E-state index contributed by atoms with van der Waals surface area (Å²) in [5, 5.41) is 13.3. The molecular formula is C10H14N4O. The highest BCUT2D eigenvalue weighted by atomic mass is 16.3. The molecular weight excluding hydrogens is 192 g/mol. The number of aryl methyl sites for hydroxylation is 1. The highest BCUT2D eigenvalue weighted by molar-refractivity contribution is 5.42. The molecule has 5 nitrogen and oxygen atoms in total. The number of rotatable bonds is 3. The van der Waals surface area contributed by atoms with Gasteiger partial charge in [-0.25, -0.2) is 9.50 Å². The second-order valence-corrected chi connectivity index (χ2v) is 3.60. The fraction of sp³-hybridized carbons (Fsp3) is 0.400. The molecule has 0 aliphatic carbocycles. The molecule has 0 radical (unpaired) electrons. The lowest BCUT2D eigenvalue weighted by atomic mass is 10.0. The van der Waals surface area contributed by atoms with E-state index in [9.17, 15) is 5.11 Å². The summed E-state index contributed by atoms with van der Waals surface area (Å²) in [5.74, 6) is -0.0888. The van der Waals surface area contributed by atoms with Crippen molar-refractivity contribution < 1.29 is 5.11 Å². The van der Waals surface area contributed by atoms with Crippen LogP contribution < -0.4 is 5.73 Å². The lowest BCUT2D eigenvalue weighted by molar-refractivity contribution is 0.264.